The highest BCUT2D eigenvalue weighted by molar-refractivity contribution is 5.73. The first-order chi connectivity index (χ1) is 5.92. The van der Waals surface area contributed by atoms with Crippen LogP contribution in [-0.4, -0.2) is 15.0 Å². The summed E-state index contributed by atoms with van der Waals surface area (Å²) in [5, 5.41) is 0. The second-order valence-corrected chi connectivity index (χ2v) is 2.56. The number of imidazole rings is 1. The van der Waals surface area contributed by atoms with Crippen molar-refractivity contribution < 1.29 is 0 Å². The van der Waals surface area contributed by atoms with Crippen LogP contribution in [0.15, 0.2) is 31.2 Å². The molecule has 2 aromatic heterocycles. The van der Waals surface area contributed by atoms with Crippen LogP contribution in [0.5, 0.6) is 0 Å². The molecule has 60 valence electrons. The van der Waals surface area contributed by atoms with Gasteiger partial charge in [0.15, 0.2) is 5.65 Å². The van der Waals surface area contributed by atoms with Crippen LogP contribution in [-0.2, 0) is 6.42 Å². The number of hydrogen-bond donors (Lipinski definition) is 1. The monoisotopic (exact) mass is 159 g/mol. The lowest BCUT2D eigenvalue weighted by atomic mass is 10.2. The normalized spacial score (nSPS) is 10.3. The number of H-pyrrole nitrogens is 1. The summed E-state index contributed by atoms with van der Waals surface area (Å²) in [5.74, 6) is 0. The van der Waals surface area contributed by atoms with Gasteiger partial charge in [0.25, 0.3) is 0 Å². The number of nitrogens with one attached hydrogen (secondary N) is 1. The SMILES string of the molecule is C=CCc1ccnc2nc[nH]c12. The summed E-state index contributed by atoms with van der Waals surface area (Å²) in [6.45, 7) is 3.69. The Bertz CT molecular complexity index is 403. The molecule has 0 atom stereocenters. The summed E-state index contributed by atoms with van der Waals surface area (Å²) in [4.78, 5) is 11.2. The number of hydrogen-bond acceptors (Lipinski definition) is 2. The van der Waals surface area contributed by atoms with Crippen LogP contribution in [0.3, 0.4) is 0 Å². The molecule has 0 aliphatic rings. The van der Waals surface area contributed by atoms with E-state index in [2.05, 4.69) is 21.5 Å². The van der Waals surface area contributed by atoms with Gasteiger partial charge in [-0.15, -0.1) is 6.58 Å². The van der Waals surface area contributed by atoms with Crippen LogP contribution in [0, 0.1) is 0 Å². The first-order valence-electron chi connectivity index (χ1n) is 3.79. The van der Waals surface area contributed by atoms with E-state index in [1.807, 2.05) is 12.1 Å². The van der Waals surface area contributed by atoms with E-state index in [0.717, 1.165) is 17.6 Å². The van der Waals surface area contributed by atoms with Crippen LogP contribution < -0.4 is 0 Å². The molecule has 2 heterocycles. The van der Waals surface area contributed by atoms with Crippen molar-refractivity contribution in [3.05, 3.63) is 36.8 Å². The molecule has 0 aliphatic carbocycles. The quantitative estimate of drug-likeness (QED) is 0.677. The zero-order valence-electron chi connectivity index (χ0n) is 6.62. The van der Waals surface area contributed by atoms with E-state index in [9.17, 15) is 0 Å². The standard InChI is InChI=1S/C9H9N3/c1-2-3-7-4-5-10-9-8(7)11-6-12-9/h2,4-6H,1,3H2,(H,10,11,12). The van der Waals surface area contributed by atoms with Crippen molar-refractivity contribution in [1.82, 2.24) is 15.0 Å². The molecule has 0 aliphatic heterocycles. The van der Waals surface area contributed by atoms with E-state index in [0.29, 0.717) is 0 Å². The lowest BCUT2D eigenvalue weighted by Gasteiger charge is -1.95. The molecular formula is C9H9N3. The molecule has 0 amide bonds. The summed E-state index contributed by atoms with van der Waals surface area (Å²) >= 11 is 0. The summed E-state index contributed by atoms with van der Waals surface area (Å²) in [6, 6.07) is 1.97. The Kier molecular flexibility index (Phi) is 1.63. The van der Waals surface area contributed by atoms with Gasteiger partial charge in [0.1, 0.15) is 0 Å². The third-order valence-corrected chi connectivity index (χ3v) is 1.78. The molecule has 3 heteroatoms. The third kappa shape index (κ3) is 0.993. The van der Waals surface area contributed by atoms with Gasteiger partial charge in [-0.2, -0.15) is 0 Å². The van der Waals surface area contributed by atoms with Crippen molar-refractivity contribution in [3.8, 4) is 0 Å². The van der Waals surface area contributed by atoms with Gasteiger partial charge in [-0.1, -0.05) is 6.08 Å². The van der Waals surface area contributed by atoms with Crippen molar-refractivity contribution in [2.75, 3.05) is 0 Å². The van der Waals surface area contributed by atoms with E-state index < -0.39 is 0 Å². The molecule has 1 N–H and O–H groups in total. The molecule has 0 unspecified atom stereocenters. The average molecular weight is 159 g/mol. The highest BCUT2D eigenvalue weighted by atomic mass is 14.9. The van der Waals surface area contributed by atoms with E-state index in [1.54, 1.807) is 12.5 Å². The summed E-state index contributed by atoms with van der Waals surface area (Å²) in [6.07, 6.45) is 6.14. The van der Waals surface area contributed by atoms with Crippen LogP contribution in [0.1, 0.15) is 5.56 Å². The number of aromatic nitrogens is 3. The smallest absolute Gasteiger partial charge is 0.177 e. The number of nitrogens with zero attached hydrogens (tertiary/aromatic N) is 2. The van der Waals surface area contributed by atoms with E-state index in [-0.39, 0.29) is 0 Å². The molecule has 2 rings (SSSR count). The number of aromatic amines is 1. The Labute approximate surface area is 70.2 Å². The molecule has 2 aromatic rings. The Morgan fingerprint density at radius 2 is 2.42 bits per heavy atom. The predicted octanol–water partition coefficient (Wildman–Crippen LogP) is 1.69. The van der Waals surface area contributed by atoms with Crippen molar-refractivity contribution in [2.24, 2.45) is 0 Å². The minimum Gasteiger partial charge on any atom is -0.343 e. The lowest BCUT2D eigenvalue weighted by molar-refractivity contribution is 1.25. The van der Waals surface area contributed by atoms with Crippen LogP contribution in [0.2, 0.25) is 0 Å². The average Bonchev–Trinajstić information content (AvgIpc) is 2.53. The van der Waals surface area contributed by atoms with Crippen molar-refractivity contribution >= 4 is 11.2 Å². The molecule has 0 radical (unpaired) electrons. The number of pyridine rings is 1. The Morgan fingerprint density at radius 3 is 3.25 bits per heavy atom. The van der Waals surface area contributed by atoms with Crippen molar-refractivity contribution in [1.29, 1.82) is 0 Å². The first kappa shape index (κ1) is 7.03. The van der Waals surface area contributed by atoms with Gasteiger partial charge in [-0.05, 0) is 18.1 Å². The Hall–Kier alpha value is -1.64. The first-order valence-corrected chi connectivity index (χ1v) is 3.79. The fourth-order valence-electron chi connectivity index (χ4n) is 1.23. The number of fused-ring (bicyclic) bond motifs is 1. The second kappa shape index (κ2) is 2.77. The molecule has 3 nitrogen and oxygen atoms in total. The second-order valence-electron chi connectivity index (χ2n) is 2.56. The van der Waals surface area contributed by atoms with Crippen LogP contribution in [0.4, 0.5) is 0 Å². The van der Waals surface area contributed by atoms with Gasteiger partial charge in [0, 0.05) is 6.20 Å². The zero-order chi connectivity index (χ0) is 8.39. The zero-order valence-corrected chi connectivity index (χ0v) is 6.62. The largest absolute Gasteiger partial charge is 0.343 e. The summed E-state index contributed by atoms with van der Waals surface area (Å²) in [5.41, 5.74) is 2.97. The lowest BCUT2D eigenvalue weighted by Crippen LogP contribution is -1.85. The van der Waals surface area contributed by atoms with Gasteiger partial charge < -0.3 is 4.98 Å². The maximum absolute atomic E-state index is 4.11. The molecule has 0 saturated carbocycles. The van der Waals surface area contributed by atoms with Gasteiger partial charge >= 0.3 is 0 Å². The summed E-state index contributed by atoms with van der Waals surface area (Å²) < 4.78 is 0. The van der Waals surface area contributed by atoms with Crippen molar-refractivity contribution in [3.63, 3.8) is 0 Å². The minimum atomic E-state index is 0.773. The maximum atomic E-state index is 4.11. The van der Waals surface area contributed by atoms with Gasteiger partial charge in [0.05, 0.1) is 11.8 Å². The van der Waals surface area contributed by atoms with E-state index >= 15 is 0 Å². The van der Waals surface area contributed by atoms with Crippen LogP contribution in [0.25, 0.3) is 11.2 Å². The topological polar surface area (TPSA) is 41.6 Å². The molecule has 0 bridgehead atoms. The third-order valence-electron chi connectivity index (χ3n) is 1.78. The predicted molar refractivity (Wildman–Crippen MR) is 47.8 cm³/mol. The number of rotatable bonds is 2. The highest BCUT2D eigenvalue weighted by Gasteiger charge is 2.00. The molecule has 0 spiro atoms. The Morgan fingerprint density at radius 1 is 1.50 bits per heavy atom. The molecule has 0 aromatic carbocycles. The minimum absolute atomic E-state index is 0.773. The van der Waals surface area contributed by atoms with Gasteiger partial charge in [-0.25, -0.2) is 9.97 Å². The van der Waals surface area contributed by atoms with Gasteiger partial charge in [0.2, 0.25) is 0 Å². The summed E-state index contributed by atoms with van der Waals surface area (Å²) in [7, 11) is 0. The molecule has 0 saturated heterocycles. The maximum Gasteiger partial charge on any atom is 0.177 e. The Balaban J connectivity index is 2.65. The fraction of sp³-hybridized carbons (Fsp3) is 0.111. The fourth-order valence-corrected chi connectivity index (χ4v) is 1.23. The van der Waals surface area contributed by atoms with Gasteiger partial charge in [-0.3, -0.25) is 0 Å². The molecular weight excluding hydrogens is 150 g/mol. The molecule has 0 fully saturated rings. The highest BCUT2D eigenvalue weighted by Crippen LogP contribution is 2.12. The van der Waals surface area contributed by atoms with E-state index in [1.165, 1.54) is 5.56 Å². The number of allylic oxidation sites excluding steroid dienone is 1. The van der Waals surface area contributed by atoms with Crippen LogP contribution >= 0.6 is 0 Å². The van der Waals surface area contributed by atoms with Crippen molar-refractivity contribution in [2.45, 2.75) is 6.42 Å². The molecule has 12 heavy (non-hydrogen) atoms. The van der Waals surface area contributed by atoms with E-state index in [4.69, 9.17) is 0 Å².